The number of ketones is 1. The highest BCUT2D eigenvalue weighted by Crippen LogP contribution is 2.26. The molecule has 0 bridgehead atoms. The molecule has 9 nitrogen and oxygen atoms in total. The molecule has 1 aromatic carbocycles. The molecule has 2 N–H and O–H groups in total. The molecule has 2 fully saturated rings. The molecule has 0 radical (unpaired) electrons. The Balaban J connectivity index is 0.00000420. The number of likely N-dealkylation sites (tertiary alicyclic amines) is 1. The molecule has 4 rings (SSSR count). The van der Waals surface area contributed by atoms with Gasteiger partial charge in [0.2, 0.25) is 11.7 Å². The first kappa shape index (κ1) is 31.1. The second-order valence-electron chi connectivity index (χ2n) is 10.7. The van der Waals surface area contributed by atoms with Gasteiger partial charge in [-0.2, -0.15) is 0 Å². The molecule has 1 aromatic heterocycles. The second-order valence-corrected chi connectivity index (χ2v) is 11.5. The number of Topliss-reactive ketones (excluding diaryl/α,β-unsaturated/α-hetero) is 1. The first-order chi connectivity index (χ1) is 18.4. The van der Waals surface area contributed by atoms with Crippen molar-refractivity contribution in [2.75, 3.05) is 19.3 Å². The molecule has 214 valence electrons. The maximum absolute atomic E-state index is 13.5. The van der Waals surface area contributed by atoms with Gasteiger partial charge in [0, 0.05) is 18.2 Å². The molecule has 1 saturated heterocycles. The fourth-order valence-corrected chi connectivity index (χ4v) is 5.73. The van der Waals surface area contributed by atoms with Crippen LogP contribution in [0.3, 0.4) is 0 Å². The minimum atomic E-state index is -0.767. The Bertz CT molecular complexity index is 1120. The van der Waals surface area contributed by atoms with Gasteiger partial charge >= 0.3 is 0 Å². The van der Waals surface area contributed by atoms with Gasteiger partial charge in [0.1, 0.15) is 0 Å². The number of thioether (sulfide) groups is 1. The molecule has 2 heterocycles. The Labute approximate surface area is 241 Å². The highest BCUT2D eigenvalue weighted by molar-refractivity contribution is 7.98. The number of nitrogens with zero attached hydrogens (tertiary/aromatic N) is 3. The van der Waals surface area contributed by atoms with Crippen molar-refractivity contribution in [3.8, 4) is 0 Å². The lowest BCUT2D eigenvalue weighted by Crippen LogP contribution is -2.52. The Morgan fingerprint density at radius 2 is 1.79 bits per heavy atom. The van der Waals surface area contributed by atoms with Gasteiger partial charge < -0.3 is 15.1 Å². The van der Waals surface area contributed by atoms with Crippen LogP contribution in [0.15, 0.2) is 33.9 Å². The summed E-state index contributed by atoms with van der Waals surface area (Å²) in [6.45, 7) is 6.86. The van der Waals surface area contributed by atoms with Crippen LogP contribution in [-0.2, 0) is 11.3 Å². The minimum absolute atomic E-state index is 0. The van der Waals surface area contributed by atoms with Crippen molar-refractivity contribution < 1.29 is 18.8 Å². The van der Waals surface area contributed by atoms with E-state index < -0.39 is 12.0 Å². The topological polar surface area (TPSA) is 117 Å². The summed E-state index contributed by atoms with van der Waals surface area (Å²) >= 11 is 1.26. The van der Waals surface area contributed by atoms with Crippen LogP contribution in [0.4, 0.5) is 0 Å². The first-order valence-electron chi connectivity index (χ1n) is 13.7. The number of amides is 2. The molecule has 1 unspecified atom stereocenters. The standard InChI is InChI=1S/C28H39N5O4S.ClH/c1-18(2)16-23(24(34)27-31-32-28(37-27)38-3)30-26(36)21-12-6-7-13-22(21)29-25(35)20-11-5-4-10-19(20)17-33-14-8-9-15-33;/h4-5,10-11,18,21-23H,6-9,12-17H2,1-3H3,(H,29,35)(H,30,36);1H/t21-,22+,23?;/m1./s1. The van der Waals surface area contributed by atoms with E-state index >= 15 is 0 Å². The van der Waals surface area contributed by atoms with Gasteiger partial charge in [-0.1, -0.05) is 56.7 Å². The highest BCUT2D eigenvalue weighted by Gasteiger charge is 2.36. The molecule has 39 heavy (non-hydrogen) atoms. The monoisotopic (exact) mass is 577 g/mol. The smallest absolute Gasteiger partial charge is 0.286 e. The molecule has 1 aliphatic heterocycles. The number of hydrogen-bond donors (Lipinski definition) is 2. The van der Waals surface area contributed by atoms with Crippen LogP contribution in [-0.4, -0.2) is 64.1 Å². The molecule has 2 amide bonds. The summed E-state index contributed by atoms with van der Waals surface area (Å²) in [4.78, 5) is 42.5. The van der Waals surface area contributed by atoms with Gasteiger partial charge in [0.05, 0.1) is 12.0 Å². The zero-order valence-corrected chi connectivity index (χ0v) is 24.6. The van der Waals surface area contributed by atoms with Crippen LogP contribution in [0.25, 0.3) is 0 Å². The first-order valence-corrected chi connectivity index (χ1v) is 14.9. The fraction of sp³-hybridized carbons (Fsp3) is 0.607. The van der Waals surface area contributed by atoms with Crippen LogP contribution >= 0.6 is 24.2 Å². The van der Waals surface area contributed by atoms with E-state index in [-0.39, 0.29) is 47.9 Å². The van der Waals surface area contributed by atoms with Gasteiger partial charge in [-0.3, -0.25) is 19.3 Å². The van der Waals surface area contributed by atoms with E-state index in [9.17, 15) is 14.4 Å². The summed E-state index contributed by atoms with van der Waals surface area (Å²) in [6.07, 6.45) is 7.86. The largest absolute Gasteiger partial charge is 0.408 e. The molecule has 0 spiro atoms. The van der Waals surface area contributed by atoms with Gasteiger partial charge in [-0.05, 0) is 69.0 Å². The van der Waals surface area contributed by atoms with Crippen LogP contribution < -0.4 is 10.6 Å². The summed E-state index contributed by atoms with van der Waals surface area (Å²) in [5, 5.41) is 14.2. The summed E-state index contributed by atoms with van der Waals surface area (Å²) in [5.74, 6) is -1.08. The lowest BCUT2D eigenvalue weighted by atomic mass is 9.83. The zero-order chi connectivity index (χ0) is 27.1. The normalized spacial score (nSPS) is 20.3. The van der Waals surface area contributed by atoms with E-state index in [1.807, 2.05) is 38.1 Å². The van der Waals surface area contributed by atoms with Crippen LogP contribution in [0.1, 0.15) is 85.4 Å². The predicted octanol–water partition coefficient (Wildman–Crippen LogP) is 4.51. The molecule has 3 atom stereocenters. The van der Waals surface area contributed by atoms with Crippen molar-refractivity contribution in [3.63, 3.8) is 0 Å². The van der Waals surface area contributed by atoms with Crippen molar-refractivity contribution in [1.29, 1.82) is 0 Å². The van der Waals surface area contributed by atoms with E-state index in [0.717, 1.165) is 44.5 Å². The van der Waals surface area contributed by atoms with Crippen molar-refractivity contribution in [2.45, 2.75) is 82.6 Å². The van der Waals surface area contributed by atoms with Crippen molar-refractivity contribution in [1.82, 2.24) is 25.7 Å². The lowest BCUT2D eigenvalue weighted by molar-refractivity contribution is -0.127. The SMILES string of the molecule is CSc1nnc(C(=O)C(CC(C)C)NC(=O)[C@@H]2CCCC[C@@H]2NC(=O)c2ccccc2CN2CCCC2)o1.Cl. The average molecular weight is 578 g/mol. The van der Waals surface area contributed by atoms with Crippen molar-refractivity contribution in [3.05, 3.63) is 41.3 Å². The summed E-state index contributed by atoms with van der Waals surface area (Å²) in [6, 6.07) is 6.67. The number of carbonyl (C=O) groups excluding carboxylic acids is 3. The molecular formula is C28H40ClN5O4S. The number of benzene rings is 1. The van der Waals surface area contributed by atoms with E-state index in [0.29, 0.717) is 23.6 Å². The summed E-state index contributed by atoms with van der Waals surface area (Å²) < 4.78 is 5.45. The Kier molecular flexibility index (Phi) is 11.8. The molecular weight excluding hydrogens is 538 g/mol. The number of nitrogens with one attached hydrogen (secondary N) is 2. The summed E-state index contributed by atoms with van der Waals surface area (Å²) in [5.41, 5.74) is 1.67. The van der Waals surface area contributed by atoms with Crippen molar-refractivity contribution >= 4 is 41.8 Å². The Morgan fingerprint density at radius 3 is 2.49 bits per heavy atom. The van der Waals surface area contributed by atoms with Crippen LogP contribution in [0, 0.1) is 11.8 Å². The molecule has 2 aliphatic rings. The lowest BCUT2D eigenvalue weighted by Gasteiger charge is -2.32. The third-order valence-electron chi connectivity index (χ3n) is 7.41. The van der Waals surface area contributed by atoms with Crippen LogP contribution in [0.2, 0.25) is 0 Å². The molecule has 11 heteroatoms. The van der Waals surface area contributed by atoms with E-state index in [4.69, 9.17) is 4.42 Å². The van der Waals surface area contributed by atoms with Crippen molar-refractivity contribution in [2.24, 2.45) is 11.8 Å². The molecule has 1 aliphatic carbocycles. The Morgan fingerprint density at radius 1 is 1.08 bits per heavy atom. The maximum atomic E-state index is 13.5. The zero-order valence-electron chi connectivity index (χ0n) is 23.0. The summed E-state index contributed by atoms with van der Waals surface area (Å²) in [7, 11) is 0. The second kappa shape index (κ2) is 14.8. The number of aromatic nitrogens is 2. The van der Waals surface area contributed by atoms with Gasteiger partial charge in [0.15, 0.2) is 0 Å². The van der Waals surface area contributed by atoms with Gasteiger partial charge in [-0.15, -0.1) is 22.6 Å². The number of rotatable bonds is 11. The number of carbonyl (C=O) groups is 3. The average Bonchev–Trinajstić information content (AvgIpc) is 3.60. The fourth-order valence-electron chi connectivity index (χ4n) is 5.45. The minimum Gasteiger partial charge on any atom is -0.408 e. The molecule has 2 aromatic rings. The van der Waals surface area contributed by atoms with Crippen LogP contribution in [0.5, 0.6) is 0 Å². The van der Waals surface area contributed by atoms with E-state index in [2.05, 4.69) is 25.7 Å². The third kappa shape index (κ3) is 8.28. The Hall–Kier alpha value is -2.43. The number of halogens is 1. The van der Waals surface area contributed by atoms with Gasteiger partial charge in [-0.25, -0.2) is 0 Å². The highest BCUT2D eigenvalue weighted by atomic mass is 35.5. The quantitative estimate of drug-likeness (QED) is 0.296. The third-order valence-corrected chi connectivity index (χ3v) is 7.92. The maximum Gasteiger partial charge on any atom is 0.286 e. The predicted molar refractivity (Wildman–Crippen MR) is 153 cm³/mol. The van der Waals surface area contributed by atoms with E-state index in [1.54, 1.807) is 6.26 Å². The number of hydrogen-bond acceptors (Lipinski definition) is 8. The molecule has 1 saturated carbocycles. The van der Waals surface area contributed by atoms with E-state index in [1.165, 1.54) is 24.6 Å². The van der Waals surface area contributed by atoms with Gasteiger partial charge in [0.25, 0.3) is 17.0 Å².